The fourth-order valence-electron chi connectivity index (χ4n) is 3.34. The highest BCUT2D eigenvalue weighted by molar-refractivity contribution is 6.02. The second kappa shape index (κ2) is 9.05. The van der Waals surface area contributed by atoms with E-state index in [0.717, 1.165) is 22.4 Å². The molecule has 0 fully saturated rings. The van der Waals surface area contributed by atoms with Crippen molar-refractivity contribution >= 4 is 11.9 Å². The van der Waals surface area contributed by atoms with Crippen molar-refractivity contribution in [3.8, 4) is 5.75 Å². The van der Waals surface area contributed by atoms with Gasteiger partial charge in [-0.25, -0.2) is 9.67 Å². The monoisotopic (exact) mass is 431 g/mol. The molecule has 0 bridgehead atoms. The van der Waals surface area contributed by atoms with Gasteiger partial charge in [-0.1, -0.05) is 47.1 Å². The number of carbonyl (C=O) groups excluding carboxylic acids is 1. The average Bonchev–Trinajstić information content (AvgIpc) is 3.34. The summed E-state index contributed by atoms with van der Waals surface area (Å²) in [5.41, 5.74) is 5.13. The van der Waals surface area contributed by atoms with Gasteiger partial charge in [-0.15, -0.1) is 5.10 Å². The van der Waals surface area contributed by atoms with Crippen LogP contribution in [0.1, 0.15) is 44.1 Å². The van der Waals surface area contributed by atoms with Crippen molar-refractivity contribution in [3.63, 3.8) is 0 Å². The van der Waals surface area contributed by atoms with E-state index in [1.54, 1.807) is 17.9 Å². The standard InChI is InChI=1S/C24H25N5O3/c1-15-6-5-7-19(10-15)12-29-14-25-24(27-29)26-23(30)22-20(18(4)32-28-22)13-31-21-11-16(2)8-9-17(21)3/h5-11,14H,12-13H2,1-4H3,(H,26,27,30). The van der Waals surface area contributed by atoms with Gasteiger partial charge in [0.1, 0.15) is 24.4 Å². The molecule has 0 aliphatic rings. The van der Waals surface area contributed by atoms with E-state index >= 15 is 0 Å². The van der Waals surface area contributed by atoms with Crippen LogP contribution in [0.4, 0.5) is 5.95 Å². The van der Waals surface area contributed by atoms with Crippen molar-refractivity contribution in [1.82, 2.24) is 19.9 Å². The zero-order valence-electron chi connectivity index (χ0n) is 18.5. The van der Waals surface area contributed by atoms with Crippen molar-refractivity contribution in [2.75, 3.05) is 5.32 Å². The minimum Gasteiger partial charge on any atom is -0.488 e. The predicted octanol–water partition coefficient (Wildman–Crippen LogP) is 4.38. The van der Waals surface area contributed by atoms with Crippen molar-refractivity contribution in [3.05, 3.63) is 88.1 Å². The van der Waals surface area contributed by atoms with Crippen LogP contribution in [-0.2, 0) is 13.2 Å². The molecule has 4 rings (SSSR count). The number of anilines is 1. The SMILES string of the molecule is Cc1cccc(Cn2cnc(NC(=O)c3noc(C)c3COc3cc(C)ccc3C)n2)c1. The smallest absolute Gasteiger partial charge is 0.280 e. The zero-order valence-corrected chi connectivity index (χ0v) is 18.5. The van der Waals surface area contributed by atoms with E-state index in [1.165, 1.54) is 5.56 Å². The van der Waals surface area contributed by atoms with Gasteiger partial charge in [-0.05, 0) is 50.5 Å². The van der Waals surface area contributed by atoms with Crippen LogP contribution in [0, 0.1) is 27.7 Å². The highest BCUT2D eigenvalue weighted by Gasteiger charge is 2.22. The molecule has 1 amide bonds. The van der Waals surface area contributed by atoms with Crippen molar-refractivity contribution in [2.24, 2.45) is 0 Å². The molecule has 0 spiro atoms. The van der Waals surface area contributed by atoms with E-state index in [2.05, 4.69) is 26.6 Å². The first-order valence-electron chi connectivity index (χ1n) is 10.3. The number of nitrogens with one attached hydrogen (secondary N) is 1. The lowest BCUT2D eigenvalue weighted by molar-refractivity contribution is 0.101. The first kappa shape index (κ1) is 21.3. The Bertz CT molecular complexity index is 1260. The maximum absolute atomic E-state index is 12.8. The molecule has 8 heteroatoms. The van der Waals surface area contributed by atoms with E-state index in [-0.39, 0.29) is 18.2 Å². The highest BCUT2D eigenvalue weighted by Crippen LogP contribution is 2.23. The second-order valence-electron chi connectivity index (χ2n) is 7.83. The summed E-state index contributed by atoms with van der Waals surface area (Å²) in [7, 11) is 0. The lowest BCUT2D eigenvalue weighted by Crippen LogP contribution is -2.16. The van der Waals surface area contributed by atoms with Crippen LogP contribution in [0.5, 0.6) is 5.75 Å². The van der Waals surface area contributed by atoms with Gasteiger partial charge >= 0.3 is 0 Å². The number of aromatic nitrogens is 4. The fourth-order valence-corrected chi connectivity index (χ4v) is 3.34. The van der Waals surface area contributed by atoms with Crippen LogP contribution in [0.25, 0.3) is 0 Å². The van der Waals surface area contributed by atoms with E-state index in [1.807, 2.05) is 57.2 Å². The van der Waals surface area contributed by atoms with E-state index in [9.17, 15) is 4.79 Å². The maximum atomic E-state index is 12.8. The van der Waals surface area contributed by atoms with Crippen molar-refractivity contribution in [1.29, 1.82) is 0 Å². The lowest BCUT2D eigenvalue weighted by atomic mass is 10.1. The third-order valence-corrected chi connectivity index (χ3v) is 5.10. The van der Waals surface area contributed by atoms with Gasteiger partial charge in [0.15, 0.2) is 5.69 Å². The molecule has 0 atom stereocenters. The molecule has 0 aliphatic heterocycles. The Balaban J connectivity index is 1.44. The summed E-state index contributed by atoms with van der Waals surface area (Å²) in [6.07, 6.45) is 1.58. The number of hydrogen-bond acceptors (Lipinski definition) is 6. The maximum Gasteiger partial charge on any atom is 0.280 e. The number of benzene rings is 2. The molecule has 0 aliphatic carbocycles. The molecule has 8 nitrogen and oxygen atoms in total. The second-order valence-corrected chi connectivity index (χ2v) is 7.83. The van der Waals surface area contributed by atoms with Crippen LogP contribution < -0.4 is 10.1 Å². The van der Waals surface area contributed by atoms with Crippen LogP contribution in [0.3, 0.4) is 0 Å². The molecule has 2 aromatic carbocycles. The Labute approximate surface area is 186 Å². The Kier molecular flexibility index (Phi) is 6.02. The molecule has 4 aromatic rings. The van der Waals surface area contributed by atoms with E-state index in [4.69, 9.17) is 9.26 Å². The van der Waals surface area contributed by atoms with Gasteiger partial charge in [-0.2, -0.15) is 0 Å². The topological polar surface area (TPSA) is 95.1 Å². The minimum atomic E-state index is -0.449. The summed E-state index contributed by atoms with van der Waals surface area (Å²) < 4.78 is 12.9. The Morgan fingerprint density at radius 3 is 2.72 bits per heavy atom. The van der Waals surface area contributed by atoms with Gasteiger partial charge in [0, 0.05) is 0 Å². The van der Waals surface area contributed by atoms with E-state index in [0.29, 0.717) is 17.9 Å². The van der Waals surface area contributed by atoms with Gasteiger partial charge in [-0.3, -0.25) is 10.1 Å². The van der Waals surface area contributed by atoms with Crippen LogP contribution >= 0.6 is 0 Å². The third kappa shape index (κ3) is 4.85. The van der Waals surface area contributed by atoms with Gasteiger partial charge < -0.3 is 9.26 Å². The number of rotatable bonds is 7. The Hall–Kier alpha value is -3.94. The number of nitrogens with zero attached hydrogens (tertiary/aromatic N) is 4. The van der Waals surface area contributed by atoms with Gasteiger partial charge in [0.2, 0.25) is 5.95 Å². The minimum absolute atomic E-state index is 0.155. The average molecular weight is 431 g/mol. The number of aryl methyl sites for hydroxylation is 4. The molecular formula is C24H25N5O3. The largest absolute Gasteiger partial charge is 0.488 e. The first-order valence-corrected chi connectivity index (χ1v) is 10.3. The first-order chi connectivity index (χ1) is 15.4. The third-order valence-electron chi connectivity index (χ3n) is 5.10. The fraction of sp³-hybridized carbons (Fsp3) is 0.250. The number of ether oxygens (including phenoxy) is 1. The van der Waals surface area contributed by atoms with Crippen molar-refractivity contribution < 1.29 is 14.1 Å². The number of hydrogen-bond donors (Lipinski definition) is 1. The predicted molar refractivity (Wildman–Crippen MR) is 120 cm³/mol. The Morgan fingerprint density at radius 1 is 1.09 bits per heavy atom. The summed E-state index contributed by atoms with van der Waals surface area (Å²) in [6, 6.07) is 14.1. The summed E-state index contributed by atoms with van der Waals surface area (Å²) >= 11 is 0. The zero-order chi connectivity index (χ0) is 22.7. The quantitative estimate of drug-likeness (QED) is 0.467. The molecule has 0 unspecified atom stereocenters. The molecule has 2 aromatic heterocycles. The molecule has 2 heterocycles. The van der Waals surface area contributed by atoms with Crippen molar-refractivity contribution in [2.45, 2.75) is 40.8 Å². The summed E-state index contributed by atoms with van der Waals surface area (Å²) in [6.45, 7) is 8.49. The van der Waals surface area contributed by atoms with Crippen LogP contribution in [0.2, 0.25) is 0 Å². The molecule has 1 N–H and O–H groups in total. The molecule has 0 saturated heterocycles. The van der Waals surface area contributed by atoms with Crippen LogP contribution in [-0.4, -0.2) is 25.8 Å². The number of amides is 1. The highest BCUT2D eigenvalue weighted by atomic mass is 16.5. The van der Waals surface area contributed by atoms with Crippen LogP contribution in [0.15, 0.2) is 53.3 Å². The lowest BCUT2D eigenvalue weighted by Gasteiger charge is -2.10. The summed E-state index contributed by atoms with van der Waals surface area (Å²) in [5, 5.41) is 10.9. The normalized spacial score (nSPS) is 10.9. The molecule has 32 heavy (non-hydrogen) atoms. The summed E-state index contributed by atoms with van der Waals surface area (Å²) in [4.78, 5) is 17.0. The molecule has 164 valence electrons. The van der Waals surface area contributed by atoms with Gasteiger partial charge in [0.05, 0.1) is 12.1 Å². The van der Waals surface area contributed by atoms with E-state index < -0.39 is 5.91 Å². The number of carbonyl (C=O) groups is 1. The molecular weight excluding hydrogens is 406 g/mol. The van der Waals surface area contributed by atoms with Gasteiger partial charge in [0.25, 0.3) is 5.91 Å². The summed E-state index contributed by atoms with van der Waals surface area (Å²) in [5.74, 6) is 1.03. The Morgan fingerprint density at radius 2 is 1.91 bits per heavy atom. The molecule has 0 radical (unpaired) electrons. The molecule has 0 saturated carbocycles.